The van der Waals surface area contributed by atoms with Crippen molar-refractivity contribution in [3.8, 4) is 0 Å². The highest BCUT2D eigenvalue weighted by Gasteiger charge is 2.48. The maximum atomic E-state index is 13.6. The third-order valence-corrected chi connectivity index (χ3v) is 6.65. The number of carbonyl (C=O) groups excluding carboxylic acids is 2. The molecule has 0 bridgehead atoms. The van der Waals surface area contributed by atoms with E-state index < -0.39 is 29.3 Å². The van der Waals surface area contributed by atoms with Crippen molar-refractivity contribution in [3.63, 3.8) is 0 Å². The minimum atomic E-state index is -1.15. The first kappa shape index (κ1) is 22.5. The molecule has 0 heterocycles. The highest BCUT2D eigenvalue weighted by Crippen LogP contribution is 2.43. The van der Waals surface area contributed by atoms with E-state index >= 15 is 0 Å². The van der Waals surface area contributed by atoms with Crippen LogP contribution in [0.4, 0.5) is 0 Å². The standard InChI is InChI=1S/C23H23BrClNO4/c1-23(22(29)30)12-3-2-7-18(23)20(27)19(14-8-10-16(24)11-9-14)26-21(28)15-5-4-6-17(25)13-15/h4-6,8-11,13,18-19H,2-3,7,12H2,1H3,(H,26,28)(H,29,30)/t18-,19?,23+/m0/s1. The molecule has 3 rings (SSSR count). The Morgan fingerprint density at radius 3 is 2.50 bits per heavy atom. The Bertz CT molecular complexity index is 962. The van der Waals surface area contributed by atoms with E-state index in [1.54, 1.807) is 49.4 Å². The molecule has 158 valence electrons. The normalized spacial score (nSPS) is 22.2. The third kappa shape index (κ3) is 4.76. The summed E-state index contributed by atoms with van der Waals surface area (Å²) in [6.07, 6.45) is 2.48. The number of carboxylic acids is 1. The van der Waals surface area contributed by atoms with Gasteiger partial charge in [0.2, 0.25) is 0 Å². The van der Waals surface area contributed by atoms with Gasteiger partial charge in [-0.15, -0.1) is 0 Å². The van der Waals surface area contributed by atoms with Gasteiger partial charge in [0.25, 0.3) is 5.91 Å². The number of hydrogen-bond donors (Lipinski definition) is 2. The highest BCUT2D eigenvalue weighted by molar-refractivity contribution is 9.10. The Morgan fingerprint density at radius 1 is 1.17 bits per heavy atom. The zero-order chi connectivity index (χ0) is 21.9. The predicted octanol–water partition coefficient (Wildman–Crippen LogP) is 5.42. The van der Waals surface area contributed by atoms with Crippen molar-refractivity contribution >= 4 is 45.2 Å². The number of rotatable bonds is 6. The van der Waals surface area contributed by atoms with Crippen molar-refractivity contribution in [2.75, 3.05) is 0 Å². The second-order valence-corrected chi connectivity index (χ2v) is 9.24. The van der Waals surface area contributed by atoms with Gasteiger partial charge in [0.1, 0.15) is 6.04 Å². The summed E-state index contributed by atoms with van der Waals surface area (Å²) in [4.78, 5) is 38.5. The van der Waals surface area contributed by atoms with Crippen molar-refractivity contribution in [2.45, 2.75) is 38.6 Å². The van der Waals surface area contributed by atoms with Gasteiger partial charge in [0.05, 0.1) is 5.41 Å². The summed E-state index contributed by atoms with van der Waals surface area (Å²) in [5.74, 6) is -2.38. The average Bonchev–Trinajstić information content (AvgIpc) is 2.72. The topological polar surface area (TPSA) is 83.5 Å². The molecule has 1 amide bonds. The molecule has 2 aromatic rings. The summed E-state index contributed by atoms with van der Waals surface area (Å²) in [5.41, 5.74) is -0.206. The quantitative estimate of drug-likeness (QED) is 0.564. The van der Waals surface area contributed by atoms with Gasteiger partial charge in [-0.25, -0.2) is 0 Å². The summed E-state index contributed by atoms with van der Waals surface area (Å²) in [6.45, 7) is 1.63. The van der Waals surface area contributed by atoms with Crippen LogP contribution in [-0.2, 0) is 9.59 Å². The largest absolute Gasteiger partial charge is 0.481 e. The maximum Gasteiger partial charge on any atom is 0.310 e. The molecule has 1 unspecified atom stereocenters. The molecule has 0 aromatic heterocycles. The average molecular weight is 493 g/mol. The van der Waals surface area contributed by atoms with Crippen LogP contribution in [0.5, 0.6) is 0 Å². The lowest BCUT2D eigenvalue weighted by Crippen LogP contribution is -2.47. The lowest BCUT2D eigenvalue weighted by molar-refractivity contribution is -0.158. The van der Waals surface area contributed by atoms with E-state index in [1.165, 1.54) is 6.07 Å². The fourth-order valence-electron chi connectivity index (χ4n) is 4.06. The molecule has 1 fully saturated rings. The molecule has 0 radical (unpaired) electrons. The van der Waals surface area contributed by atoms with Crippen molar-refractivity contribution in [1.29, 1.82) is 0 Å². The van der Waals surface area contributed by atoms with Crippen molar-refractivity contribution in [1.82, 2.24) is 5.32 Å². The second-order valence-electron chi connectivity index (χ2n) is 7.89. The number of benzene rings is 2. The van der Waals surface area contributed by atoms with E-state index in [0.29, 0.717) is 29.0 Å². The van der Waals surface area contributed by atoms with E-state index in [4.69, 9.17) is 11.6 Å². The summed E-state index contributed by atoms with van der Waals surface area (Å²) in [5, 5.41) is 13.1. The molecule has 0 spiro atoms. The number of carbonyl (C=O) groups is 3. The summed E-state index contributed by atoms with van der Waals surface area (Å²) in [6, 6.07) is 12.6. The first-order valence-electron chi connectivity index (χ1n) is 9.81. The summed E-state index contributed by atoms with van der Waals surface area (Å²) < 4.78 is 0.839. The molecular formula is C23H23BrClNO4. The molecule has 3 atom stereocenters. The number of Topliss-reactive ketones (excluding diaryl/α,β-unsaturated/α-hetero) is 1. The Labute approximate surface area is 188 Å². The molecular weight excluding hydrogens is 470 g/mol. The number of hydrogen-bond acceptors (Lipinski definition) is 3. The van der Waals surface area contributed by atoms with Crippen LogP contribution in [0.3, 0.4) is 0 Å². The first-order valence-corrected chi connectivity index (χ1v) is 11.0. The van der Waals surface area contributed by atoms with Gasteiger partial charge in [-0.3, -0.25) is 14.4 Å². The van der Waals surface area contributed by atoms with Gasteiger partial charge in [0.15, 0.2) is 5.78 Å². The molecule has 2 aromatic carbocycles. The zero-order valence-electron chi connectivity index (χ0n) is 16.5. The van der Waals surface area contributed by atoms with Gasteiger partial charge in [0, 0.05) is 21.0 Å². The van der Waals surface area contributed by atoms with Gasteiger partial charge in [-0.05, 0) is 55.7 Å². The van der Waals surface area contributed by atoms with Crippen LogP contribution >= 0.6 is 27.5 Å². The van der Waals surface area contributed by atoms with Crippen LogP contribution < -0.4 is 5.32 Å². The van der Waals surface area contributed by atoms with Crippen molar-refractivity contribution in [2.24, 2.45) is 11.3 Å². The molecule has 1 aliphatic rings. The van der Waals surface area contributed by atoms with E-state index in [1.807, 2.05) is 0 Å². The second kappa shape index (κ2) is 9.31. The Balaban J connectivity index is 1.96. The molecule has 0 aliphatic heterocycles. The van der Waals surface area contributed by atoms with E-state index in [0.717, 1.165) is 17.3 Å². The van der Waals surface area contributed by atoms with E-state index in [-0.39, 0.29) is 5.78 Å². The number of aliphatic carboxylic acids is 1. The molecule has 30 heavy (non-hydrogen) atoms. The SMILES string of the molecule is C[C@@]1(C(=O)O)CCCC[C@H]1C(=O)C(NC(=O)c1cccc(Cl)c1)c1ccc(Br)cc1. The van der Waals surface area contributed by atoms with Crippen molar-refractivity contribution < 1.29 is 19.5 Å². The van der Waals surface area contributed by atoms with Gasteiger partial charge < -0.3 is 10.4 Å². The van der Waals surface area contributed by atoms with Crippen LogP contribution in [0, 0.1) is 11.3 Å². The summed E-state index contributed by atoms with van der Waals surface area (Å²) in [7, 11) is 0. The van der Waals surface area contributed by atoms with Crippen LogP contribution in [0.25, 0.3) is 0 Å². The number of carboxylic acid groups (broad SMARTS) is 1. The molecule has 1 saturated carbocycles. The summed E-state index contributed by atoms with van der Waals surface area (Å²) >= 11 is 9.38. The zero-order valence-corrected chi connectivity index (χ0v) is 18.9. The predicted molar refractivity (Wildman–Crippen MR) is 119 cm³/mol. The fourth-order valence-corrected chi connectivity index (χ4v) is 4.52. The Hall–Kier alpha value is -2.18. The van der Waals surface area contributed by atoms with Gasteiger partial charge in [-0.1, -0.05) is 58.6 Å². The minimum Gasteiger partial charge on any atom is -0.481 e. The molecule has 1 aliphatic carbocycles. The minimum absolute atomic E-state index is 0.280. The molecule has 2 N–H and O–H groups in total. The maximum absolute atomic E-state index is 13.6. The van der Waals surface area contributed by atoms with Crippen LogP contribution in [-0.4, -0.2) is 22.8 Å². The molecule has 5 nitrogen and oxygen atoms in total. The Kier molecular flexibility index (Phi) is 6.98. The van der Waals surface area contributed by atoms with Gasteiger partial charge in [-0.2, -0.15) is 0 Å². The monoisotopic (exact) mass is 491 g/mol. The van der Waals surface area contributed by atoms with E-state index in [9.17, 15) is 19.5 Å². The fraction of sp³-hybridized carbons (Fsp3) is 0.348. The number of halogens is 2. The van der Waals surface area contributed by atoms with Crippen molar-refractivity contribution in [3.05, 3.63) is 69.2 Å². The smallest absolute Gasteiger partial charge is 0.310 e. The van der Waals surface area contributed by atoms with Crippen LogP contribution in [0.2, 0.25) is 5.02 Å². The highest BCUT2D eigenvalue weighted by atomic mass is 79.9. The molecule has 7 heteroatoms. The van der Waals surface area contributed by atoms with Crippen LogP contribution in [0.15, 0.2) is 53.0 Å². The van der Waals surface area contributed by atoms with Gasteiger partial charge >= 0.3 is 5.97 Å². The lowest BCUT2D eigenvalue weighted by Gasteiger charge is -2.38. The number of ketones is 1. The van der Waals surface area contributed by atoms with E-state index in [2.05, 4.69) is 21.2 Å². The first-order chi connectivity index (χ1) is 14.2. The number of nitrogens with one attached hydrogen (secondary N) is 1. The van der Waals surface area contributed by atoms with Crippen LogP contribution in [0.1, 0.15) is 54.6 Å². The third-order valence-electron chi connectivity index (χ3n) is 5.89. The molecule has 0 saturated heterocycles. The Morgan fingerprint density at radius 2 is 1.87 bits per heavy atom. The number of amides is 1. The lowest BCUT2D eigenvalue weighted by atomic mass is 9.64.